The molecule has 0 aliphatic rings. The van der Waals surface area contributed by atoms with Crippen molar-refractivity contribution in [1.82, 2.24) is 4.98 Å². The molecule has 0 saturated heterocycles. The summed E-state index contributed by atoms with van der Waals surface area (Å²) in [7, 11) is 0. The van der Waals surface area contributed by atoms with Gasteiger partial charge in [0.25, 0.3) is 0 Å². The second-order valence-corrected chi connectivity index (χ2v) is 3.05. The molecule has 1 aromatic heterocycles. The Morgan fingerprint density at radius 3 is 2.86 bits per heavy atom. The number of H-pyrrole nitrogens is 1. The van der Waals surface area contributed by atoms with Crippen LogP contribution in [0, 0.1) is 0 Å². The average Bonchev–Trinajstić information content (AvgIpc) is 2.63. The second-order valence-electron chi connectivity index (χ2n) is 3.05. The molecule has 1 heterocycles. The smallest absolute Gasteiger partial charge is 0.0485 e. The minimum absolute atomic E-state index is 0. The van der Waals surface area contributed by atoms with Gasteiger partial charge >= 0.3 is 0 Å². The molecular formula is C11H13ClN2. The fourth-order valence-electron chi connectivity index (χ4n) is 1.53. The first-order valence-corrected chi connectivity index (χ1v) is 4.27. The maximum atomic E-state index is 5.89. The van der Waals surface area contributed by atoms with Crippen LogP contribution in [0.25, 0.3) is 10.9 Å². The molecule has 0 amide bonds. The molecule has 1 atom stereocenters. The summed E-state index contributed by atoms with van der Waals surface area (Å²) in [5, 5.41) is 1.18. The summed E-state index contributed by atoms with van der Waals surface area (Å²) in [5.74, 6) is 0. The highest BCUT2D eigenvalue weighted by atomic mass is 35.5. The van der Waals surface area contributed by atoms with E-state index in [0.717, 1.165) is 11.1 Å². The van der Waals surface area contributed by atoms with Gasteiger partial charge in [0.2, 0.25) is 0 Å². The highest BCUT2D eigenvalue weighted by Gasteiger charge is 2.05. The minimum atomic E-state index is -0.0838. The average molecular weight is 209 g/mol. The van der Waals surface area contributed by atoms with Crippen molar-refractivity contribution in [3.05, 3.63) is 48.7 Å². The number of halogens is 1. The van der Waals surface area contributed by atoms with Crippen molar-refractivity contribution in [2.75, 3.05) is 0 Å². The van der Waals surface area contributed by atoms with Crippen molar-refractivity contribution < 1.29 is 0 Å². The van der Waals surface area contributed by atoms with E-state index in [1.807, 2.05) is 30.5 Å². The van der Waals surface area contributed by atoms with Gasteiger partial charge in [0.05, 0.1) is 0 Å². The predicted molar refractivity (Wildman–Crippen MR) is 62.7 cm³/mol. The van der Waals surface area contributed by atoms with Crippen LogP contribution < -0.4 is 5.73 Å². The number of rotatable bonds is 2. The molecule has 1 aromatic carbocycles. The van der Waals surface area contributed by atoms with Crippen LogP contribution in [0.1, 0.15) is 11.6 Å². The molecule has 74 valence electrons. The van der Waals surface area contributed by atoms with Crippen LogP contribution in [-0.2, 0) is 0 Å². The number of nitrogens with two attached hydrogens (primary N) is 1. The summed E-state index contributed by atoms with van der Waals surface area (Å²) in [4.78, 5) is 3.15. The largest absolute Gasteiger partial charge is 0.361 e. The third-order valence-corrected chi connectivity index (χ3v) is 2.24. The molecule has 0 bridgehead atoms. The zero-order valence-electron chi connectivity index (χ0n) is 7.73. The van der Waals surface area contributed by atoms with E-state index in [4.69, 9.17) is 5.73 Å². The second kappa shape index (κ2) is 4.31. The van der Waals surface area contributed by atoms with Crippen LogP contribution in [0.15, 0.2) is 43.1 Å². The van der Waals surface area contributed by atoms with E-state index in [1.54, 1.807) is 6.08 Å². The molecule has 2 aromatic rings. The molecule has 0 saturated carbocycles. The number of nitrogens with one attached hydrogen (secondary N) is 1. The zero-order chi connectivity index (χ0) is 9.26. The van der Waals surface area contributed by atoms with Gasteiger partial charge in [-0.15, -0.1) is 19.0 Å². The van der Waals surface area contributed by atoms with Crippen molar-refractivity contribution in [2.45, 2.75) is 6.04 Å². The van der Waals surface area contributed by atoms with Gasteiger partial charge in [0, 0.05) is 23.1 Å². The lowest BCUT2D eigenvalue weighted by Gasteiger charge is -2.07. The molecule has 3 N–H and O–H groups in total. The fourth-order valence-corrected chi connectivity index (χ4v) is 1.53. The van der Waals surface area contributed by atoms with Crippen LogP contribution in [0.5, 0.6) is 0 Å². The number of fused-ring (bicyclic) bond motifs is 1. The highest BCUT2D eigenvalue weighted by Crippen LogP contribution is 2.22. The maximum Gasteiger partial charge on any atom is 0.0485 e. The van der Waals surface area contributed by atoms with Crippen LogP contribution in [0.3, 0.4) is 0 Å². The van der Waals surface area contributed by atoms with Gasteiger partial charge in [-0.2, -0.15) is 0 Å². The lowest BCUT2D eigenvalue weighted by atomic mass is 10.0. The van der Waals surface area contributed by atoms with E-state index in [0.29, 0.717) is 0 Å². The van der Waals surface area contributed by atoms with Crippen molar-refractivity contribution in [1.29, 1.82) is 0 Å². The van der Waals surface area contributed by atoms with Gasteiger partial charge < -0.3 is 10.7 Å². The number of hydrogen-bond donors (Lipinski definition) is 2. The van der Waals surface area contributed by atoms with Crippen LogP contribution in [0.2, 0.25) is 0 Å². The molecule has 0 radical (unpaired) electrons. The number of aromatic amines is 1. The van der Waals surface area contributed by atoms with Crippen molar-refractivity contribution in [3.8, 4) is 0 Å². The van der Waals surface area contributed by atoms with E-state index in [2.05, 4.69) is 11.6 Å². The lowest BCUT2D eigenvalue weighted by molar-refractivity contribution is 0.925. The Balaban J connectivity index is 0.000000980. The summed E-state index contributed by atoms with van der Waals surface area (Å²) in [6, 6.07) is 8.02. The first-order chi connectivity index (χ1) is 6.33. The third kappa shape index (κ3) is 1.67. The number of benzene rings is 1. The van der Waals surface area contributed by atoms with E-state index in [9.17, 15) is 0 Å². The summed E-state index contributed by atoms with van der Waals surface area (Å²) in [6.45, 7) is 3.69. The normalized spacial score (nSPS) is 12.1. The fraction of sp³-hybridized carbons (Fsp3) is 0.0909. The van der Waals surface area contributed by atoms with E-state index in [1.165, 1.54) is 5.39 Å². The molecule has 14 heavy (non-hydrogen) atoms. The Morgan fingerprint density at radius 1 is 1.36 bits per heavy atom. The Morgan fingerprint density at radius 2 is 2.14 bits per heavy atom. The maximum absolute atomic E-state index is 5.89. The van der Waals surface area contributed by atoms with Gasteiger partial charge in [0.1, 0.15) is 0 Å². The Hall–Kier alpha value is -1.25. The summed E-state index contributed by atoms with van der Waals surface area (Å²) in [6.07, 6.45) is 3.67. The van der Waals surface area contributed by atoms with Gasteiger partial charge in [-0.05, 0) is 17.7 Å². The molecule has 2 nitrogen and oxygen atoms in total. The lowest BCUT2D eigenvalue weighted by Crippen LogP contribution is -2.06. The summed E-state index contributed by atoms with van der Waals surface area (Å²) in [5.41, 5.74) is 8.13. The van der Waals surface area contributed by atoms with Gasteiger partial charge in [-0.25, -0.2) is 0 Å². The Bertz CT molecular complexity index is 434. The van der Waals surface area contributed by atoms with Crippen LogP contribution in [0.4, 0.5) is 0 Å². The monoisotopic (exact) mass is 208 g/mol. The molecule has 2 rings (SSSR count). The molecule has 3 heteroatoms. The zero-order valence-corrected chi connectivity index (χ0v) is 8.55. The third-order valence-electron chi connectivity index (χ3n) is 2.24. The van der Waals surface area contributed by atoms with Crippen LogP contribution in [-0.4, -0.2) is 4.98 Å². The van der Waals surface area contributed by atoms with Crippen molar-refractivity contribution in [3.63, 3.8) is 0 Å². The molecular weight excluding hydrogens is 196 g/mol. The molecule has 0 unspecified atom stereocenters. The van der Waals surface area contributed by atoms with E-state index in [-0.39, 0.29) is 18.4 Å². The first-order valence-electron chi connectivity index (χ1n) is 4.27. The van der Waals surface area contributed by atoms with Gasteiger partial charge in [0.15, 0.2) is 0 Å². The van der Waals surface area contributed by atoms with E-state index < -0.39 is 0 Å². The molecule has 0 aliphatic heterocycles. The standard InChI is InChI=1S/C11H12N2.ClH/c1-2-10(12)8-4-3-5-11-9(8)6-7-13-11;/h2-7,10,13H,1,12H2;1H/t10-;/m0./s1. The van der Waals surface area contributed by atoms with Gasteiger partial charge in [-0.1, -0.05) is 18.2 Å². The highest BCUT2D eigenvalue weighted by molar-refractivity contribution is 5.85. The molecule has 0 fully saturated rings. The summed E-state index contributed by atoms with van der Waals surface area (Å²) < 4.78 is 0. The van der Waals surface area contributed by atoms with Crippen molar-refractivity contribution in [2.24, 2.45) is 5.73 Å². The Labute approximate surface area is 89.2 Å². The number of aromatic nitrogens is 1. The molecule has 0 aliphatic carbocycles. The van der Waals surface area contributed by atoms with Crippen molar-refractivity contribution >= 4 is 23.3 Å². The van der Waals surface area contributed by atoms with Crippen LogP contribution >= 0.6 is 12.4 Å². The van der Waals surface area contributed by atoms with E-state index >= 15 is 0 Å². The Kier molecular flexibility index (Phi) is 3.33. The first kappa shape index (κ1) is 10.8. The number of hydrogen-bond acceptors (Lipinski definition) is 1. The van der Waals surface area contributed by atoms with Gasteiger partial charge in [-0.3, -0.25) is 0 Å². The SMILES string of the molecule is C=C[C@H](N)c1cccc2[nH]ccc12.Cl. The predicted octanol–water partition coefficient (Wildman–Crippen LogP) is 2.78. The molecule has 0 spiro atoms. The summed E-state index contributed by atoms with van der Waals surface area (Å²) >= 11 is 0. The topological polar surface area (TPSA) is 41.8 Å². The minimum Gasteiger partial charge on any atom is -0.361 e. The quantitative estimate of drug-likeness (QED) is 0.733.